The molecule has 2 heterocycles. The maximum Gasteiger partial charge on any atom is 0.270 e. The summed E-state index contributed by atoms with van der Waals surface area (Å²) < 4.78 is 2.02. The molecule has 0 atom stereocenters. The van der Waals surface area contributed by atoms with Gasteiger partial charge in [-0.25, -0.2) is 9.97 Å². The van der Waals surface area contributed by atoms with Crippen molar-refractivity contribution in [2.45, 2.75) is 33.4 Å². The zero-order valence-corrected chi connectivity index (χ0v) is 15.9. The van der Waals surface area contributed by atoms with Gasteiger partial charge in [-0.05, 0) is 50.6 Å². The minimum atomic E-state index is -0.327. The van der Waals surface area contributed by atoms with Gasteiger partial charge in [0.25, 0.3) is 11.8 Å². The average molecular weight is 365 g/mol. The third-order valence-electron chi connectivity index (χ3n) is 4.26. The van der Waals surface area contributed by atoms with Gasteiger partial charge in [-0.2, -0.15) is 0 Å². The fourth-order valence-corrected chi connectivity index (χ4v) is 2.77. The molecule has 0 aliphatic rings. The fraction of sp³-hybridized carbons (Fsp3) is 0.300. The van der Waals surface area contributed by atoms with Crippen molar-refractivity contribution in [2.24, 2.45) is 7.05 Å². The molecule has 0 bridgehead atoms. The van der Waals surface area contributed by atoms with Crippen LogP contribution in [0.5, 0.6) is 0 Å². The number of aromatic nitrogens is 3. The predicted molar refractivity (Wildman–Crippen MR) is 103 cm³/mol. The van der Waals surface area contributed by atoms with Gasteiger partial charge in [-0.1, -0.05) is 12.1 Å². The maximum absolute atomic E-state index is 12.4. The molecule has 0 aliphatic heterocycles. The van der Waals surface area contributed by atoms with Crippen LogP contribution in [-0.4, -0.2) is 32.4 Å². The molecular weight excluding hydrogens is 342 g/mol. The van der Waals surface area contributed by atoms with Crippen LogP contribution in [-0.2, 0) is 13.6 Å². The summed E-state index contributed by atoms with van der Waals surface area (Å²) in [5.41, 5.74) is 3.32. The van der Waals surface area contributed by atoms with E-state index in [4.69, 9.17) is 0 Å². The van der Waals surface area contributed by atoms with Gasteiger partial charge in [0.15, 0.2) is 0 Å². The molecule has 3 aromatic rings. The molecule has 27 heavy (non-hydrogen) atoms. The number of carbonyl (C=O) groups excluding carboxylic acids is 2. The van der Waals surface area contributed by atoms with Gasteiger partial charge in [-0.15, -0.1) is 0 Å². The standard InChI is InChI=1S/C20H23N5O2/c1-12(2)22-20(27)16-7-5-6-15(24-16)19(26)21-11-14-8-9-18-17(10-14)23-13(3)25(18)4/h5-10,12H,11H2,1-4H3,(H,21,26)(H,22,27). The lowest BCUT2D eigenvalue weighted by atomic mass is 10.2. The normalized spacial score (nSPS) is 11.0. The Morgan fingerprint density at radius 2 is 1.78 bits per heavy atom. The van der Waals surface area contributed by atoms with E-state index in [9.17, 15) is 9.59 Å². The lowest BCUT2D eigenvalue weighted by molar-refractivity contribution is 0.0936. The first-order chi connectivity index (χ1) is 12.8. The van der Waals surface area contributed by atoms with Crippen molar-refractivity contribution in [3.8, 4) is 0 Å². The van der Waals surface area contributed by atoms with Crippen LogP contribution in [0.2, 0.25) is 0 Å². The molecule has 2 amide bonds. The first kappa shape index (κ1) is 18.6. The van der Waals surface area contributed by atoms with Gasteiger partial charge in [0.2, 0.25) is 0 Å². The number of benzene rings is 1. The monoisotopic (exact) mass is 365 g/mol. The SMILES string of the molecule is Cc1nc2cc(CNC(=O)c3cccc(C(=O)NC(C)C)n3)ccc2n1C. The third kappa shape index (κ3) is 4.13. The summed E-state index contributed by atoms with van der Waals surface area (Å²) in [7, 11) is 1.97. The molecule has 2 N–H and O–H groups in total. The summed E-state index contributed by atoms with van der Waals surface area (Å²) in [5, 5.41) is 5.61. The Morgan fingerprint density at radius 1 is 1.07 bits per heavy atom. The van der Waals surface area contributed by atoms with Crippen molar-refractivity contribution in [3.63, 3.8) is 0 Å². The molecule has 140 valence electrons. The van der Waals surface area contributed by atoms with Crippen molar-refractivity contribution < 1.29 is 9.59 Å². The molecule has 0 spiro atoms. The zero-order chi connectivity index (χ0) is 19.6. The number of rotatable bonds is 5. The van der Waals surface area contributed by atoms with Gasteiger partial charge >= 0.3 is 0 Å². The molecule has 7 nitrogen and oxygen atoms in total. The lowest BCUT2D eigenvalue weighted by Gasteiger charge is -2.09. The number of aryl methyl sites for hydroxylation is 2. The molecule has 0 fully saturated rings. The van der Waals surface area contributed by atoms with Crippen LogP contribution in [0.3, 0.4) is 0 Å². The Morgan fingerprint density at radius 3 is 2.48 bits per heavy atom. The van der Waals surface area contributed by atoms with Gasteiger partial charge in [-0.3, -0.25) is 9.59 Å². The molecule has 0 saturated carbocycles. The van der Waals surface area contributed by atoms with E-state index in [1.165, 1.54) is 0 Å². The molecule has 7 heteroatoms. The second-order valence-corrected chi connectivity index (χ2v) is 6.76. The minimum absolute atomic E-state index is 0.00179. The van der Waals surface area contributed by atoms with Gasteiger partial charge in [0.1, 0.15) is 17.2 Å². The summed E-state index contributed by atoms with van der Waals surface area (Å²) >= 11 is 0. The van der Waals surface area contributed by atoms with Crippen molar-refractivity contribution in [3.05, 3.63) is 59.2 Å². The minimum Gasteiger partial charge on any atom is -0.349 e. The topological polar surface area (TPSA) is 88.9 Å². The highest BCUT2D eigenvalue weighted by Crippen LogP contribution is 2.16. The number of nitrogens with one attached hydrogen (secondary N) is 2. The van der Waals surface area contributed by atoms with Crippen molar-refractivity contribution >= 4 is 22.8 Å². The first-order valence-corrected chi connectivity index (χ1v) is 8.83. The van der Waals surface area contributed by atoms with E-state index in [2.05, 4.69) is 20.6 Å². The van der Waals surface area contributed by atoms with Crippen LogP contribution in [0.15, 0.2) is 36.4 Å². The highest BCUT2D eigenvalue weighted by molar-refractivity contribution is 5.96. The number of hydrogen-bond donors (Lipinski definition) is 2. The highest BCUT2D eigenvalue weighted by Gasteiger charge is 2.13. The van der Waals surface area contributed by atoms with E-state index in [1.807, 2.05) is 50.6 Å². The highest BCUT2D eigenvalue weighted by atomic mass is 16.2. The zero-order valence-electron chi connectivity index (χ0n) is 15.9. The molecule has 3 rings (SSSR count). The van der Waals surface area contributed by atoms with Crippen molar-refractivity contribution in [2.75, 3.05) is 0 Å². The van der Waals surface area contributed by atoms with E-state index in [-0.39, 0.29) is 29.2 Å². The number of pyridine rings is 1. The number of fused-ring (bicyclic) bond motifs is 1. The van der Waals surface area contributed by atoms with Crippen molar-refractivity contribution in [1.82, 2.24) is 25.2 Å². The number of hydrogen-bond acceptors (Lipinski definition) is 4. The van der Waals surface area contributed by atoms with Gasteiger partial charge < -0.3 is 15.2 Å². The Bertz CT molecular complexity index is 1010. The van der Waals surface area contributed by atoms with E-state index in [0.717, 1.165) is 22.4 Å². The molecule has 0 unspecified atom stereocenters. The molecule has 1 aromatic carbocycles. The fourth-order valence-electron chi connectivity index (χ4n) is 2.77. The number of imidazole rings is 1. The van der Waals surface area contributed by atoms with Crippen LogP contribution in [0.1, 0.15) is 46.2 Å². The Balaban J connectivity index is 1.70. The summed E-state index contributed by atoms with van der Waals surface area (Å²) in [4.78, 5) is 33.1. The van der Waals surface area contributed by atoms with Crippen LogP contribution >= 0.6 is 0 Å². The second kappa shape index (κ2) is 7.57. The van der Waals surface area contributed by atoms with Gasteiger partial charge in [0, 0.05) is 19.6 Å². The maximum atomic E-state index is 12.4. The van der Waals surface area contributed by atoms with E-state index >= 15 is 0 Å². The summed E-state index contributed by atoms with van der Waals surface area (Å²) in [6.07, 6.45) is 0. The molecular formula is C20H23N5O2. The summed E-state index contributed by atoms with van der Waals surface area (Å²) in [6.45, 7) is 6.05. The average Bonchev–Trinajstić information content (AvgIpc) is 2.92. The Hall–Kier alpha value is -3.22. The number of nitrogens with zero attached hydrogens (tertiary/aromatic N) is 3. The predicted octanol–water partition coefficient (Wildman–Crippen LogP) is 2.34. The molecule has 2 aromatic heterocycles. The van der Waals surface area contributed by atoms with Crippen molar-refractivity contribution in [1.29, 1.82) is 0 Å². The summed E-state index contributed by atoms with van der Waals surface area (Å²) in [6, 6.07) is 10.7. The third-order valence-corrected chi connectivity index (χ3v) is 4.26. The number of carbonyl (C=O) groups is 2. The van der Waals surface area contributed by atoms with Crippen LogP contribution in [0.4, 0.5) is 0 Å². The van der Waals surface area contributed by atoms with E-state index in [0.29, 0.717) is 6.54 Å². The second-order valence-electron chi connectivity index (χ2n) is 6.76. The van der Waals surface area contributed by atoms with Crippen LogP contribution in [0, 0.1) is 6.92 Å². The quantitative estimate of drug-likeness (QED) is 0.726. The first-order valence-electron chi connectivity index (χ1n) is 8.83. The largest absolute Gasteiger partial charge is 0.349 e. The molecule has 0 saturated heterocycles. The Labute approximate surface area is 157 Å². The van der Waals surface area contributed by atoms with E-state index < -0.39 is 0 Å². The van der Waals surface area contributed by atoms with Gasteiger partial charge in [0.05, 0.1) is 11.0 Å². The number of amides is 2. The molecule has 0 aliphatic carbocycles. The smallest absolute Gasteiger partial charge is 0.270 e. The van der Waals surface area contributed by atoms with E-state index in [1.54, 1.807) is 18.2 Å². The lowest BCUT2D eigenvalue weighted by Crippen LogP contribution is -2.31. The summed E-state index contributed by atoms with van der Waals surface area (Å²) in [5.74, 6) is 0.314. The van der Waals surface area contributed by atoms with Crippen LogP contribution in [0.25, 0.3) is 11.0 Å². The Kier molecular flexibility index (Phi) is 5.21. The van der Waals surface area contributed by atoms with Crippen LogP contribution < -0.4 is 10.6 Å². The molecule has 0 radical (unpaired) electrons.